The fraction of sp³-hybridized carbons (Fsp3) is 0.870. The first-order chi connectivity index (χ1) is 13.3. The molecule has 0 spiro atoms. The maximum absolute atomic E-state index is 11.4. The van der Waals surface area contributed by atoms with Crippen molar-refractivity contribution in [2.24, 2.45) is 5.92 Å². The van der Waals surface area contributed by atoms with Crippen LogP contribution in [0.1, 0.15) is 83.5 Å². The number of nitrogens with zero attached hydrogens (tertiary/aromatic N) is 1. The van der Waals surface area contributed by atoms with E-state index in [-0.39, 0.29) is 0 Å². The second-order valence-electron chi connectivity index (χ2n) is 9.08. The summed E-state index contributed by atoms with van der Waals surface area (Å²) in [6.45, 7) is 0.779. The number of aliphatic carboxylic acids is 1. The number of aliphatic hydroxyl groups excluding tert-OH is 2. The first-order valence-corrected chi connectivity index (χ1v) is 11.2. The Morgan fingerprint density at radius 3 is 1.75 bits per heavy atom. The first kappa shape index (κ1) is 27.1. The average molecular weight is 401 g/mol. The van der Waals surface area contributed by atoms with E-state index < -0.39 is 18.0 Å². The Morgan fingerprint density at radius 1 is 0.821 bits per heavy atom. The number of quaternary nitrogens is 1. The SMILES string of the molecule is C[N+](C)(C)CC(O)C(CCCCCCCCC=CCCCCCCO)C(=O)O. The molecular formula is C23H46NO4+. The summed E-state index contributed by atoms with van der Waals surface area (Å²) in [5, 5.41) is 28.3. The van der Waals surface area contributed by atoms with Gasteiger partial charge in [0.1, 0.15) is 12.6 Å². The highest BCUT2D eigenvalue weighted by atomic mass is 16.4. The predicted octanol–water partition coefficient (Wildman–Crippen LogP) is 4.37. The van der Waals surface area contributed by atoms with E-state index in [1.54, 1.807) is 0 Å². The van der Waals surface area contributed by atoms with Crippen LogP contribution < -0.4 is 0 Å². The van der Waals surface area contributed by atoms with Gasteiger partial charge < -0.3 is 19.8 Å². The summed E-state index contributed by atoms with van der Waals surface area (Å²) in [6, 6.07) is 0. The molecule has 0 saturated heterocycles. The Balaban J connectivity index is 3.62. The van der Waals surface area contributed by atoms with Crippen LogP contribution in [0.25, 0.3) is 0 Å². The van der Waals surface area contributed by atoms with E-state index in [1.165, 1.54) is 32.1 Å². The molecule has 0 rings (SSSR count). The van der Waals surface area contributed by atoms with Gasteiger partial charge in [0.05, 0.1) is 27.1 Å². The summed E-state index contributed by atoms with van der Waals surface area (Å²) in [5.74, 6) is -1.52. The Hall–Kier alpha value is -0.910. The van der Waals surface area contributed by atoms with Gasteiger partial charge in [-0.3, -0.25) is 4.79 Å². The van der Waals surface area contributed by atoms with Crippen molar-refractivity contribution in [1.82, 2.24) is 0 Å². The number of carboxylic acid groups (broad SMARTS) is 1. The Labute approximate surface area is 173 Å². The lowest BCUT2D eigenvalue weighted by atomic mass is 9.94. The highest BCUT2D eigenvalue weighted by molar-refractivity contribution is 5.70. The van der Waals surface area contributed by atoms with Crippen LogP contribution in [0.2, 0.25) is 0 Å². The summed E-state index contributed by atoms with van der Waals surface area (Å²) in [4.78, 5) is 11.4. The number of aliphatic hydroxyl groups is 2. The number of hydrogen-bond acceptors (Lipinski definition) is 3. The number of allylic oxidation sites excluding steroid dienone is 2. The summed E-state index contributed by atoms with van der Waals surface area (Å²) in [7, 11) is 5.91. The zero-order chi connectivity index (χ0) is 21.3. The average Bonchev–Trinajstić information content (AvgIpc) is 2.59. The third kappa shape index (κ3) is 17.2. The van der Waals surface area contributed by atoms with Crippen LogP contribution in [0.5, 0.6) is 0 Å². The molecule has 3 N–H and O–H groups in total. The van der Waals surface area contributed by atoms with Gasteiger partial charge in [0.15, 0.2) is 0 Å². The van der Waals surface area contributed by atoms with Gasteiger partial charge in [-0.25, -0.2) is 0 Å². The lowest BCUT2D eigenvalue weighted by Crippen LogP contribution is -2.45. The van der Waals surface area contributed by atoms with Crippen molar-refractivity contribution in [3.63, 3.8) is 0 Å². The minimum Gasteiger partial charge on any atom is -0.481 e. The van der Waals surface area contributed by atoms with Gasteiger partial charge in [-0.2, -0.15) is 0 Å². The number of rotatable bonds is 19. The number of carbonyl (C=O) groups is 1. The Morgan fingerprint density at radius 2 is 1.29 bits per heavy atom. The summed E-state index contributed by atoms with van der Waals surface area (Å²) in [6.07, 6.45) is 17.9. The third-order valence-electron chi connectivity index (χ3n) is 5.10. The predicted molar refractivity (Wildman–Crippen MR) is 116 cm³/mol. The van der Waals surface area contributed by atoms with Gasteiger partial charge in [-0.05, 0) is 38.5 Å². The second kappa shape index (κ2) is 17.0. The van der Waals surface area contributed by atoms with Gasteiger partial charge in [-0.15, -0.1) is 0 Å². The van der Waals surface area contributed by atoms with E-state index >= 15 is 0 Å². The molecule has 2 unspecified atom stereocenters. The van der Waals surface area contributed by atoms with Crippen molar-refractivity contribution >= 4 is 5.97 Å². The number of unbranched alkanes of at least 4 members (excludes halogenated alkanes) is 10. The molecule has 0 aliphatic heterocycles. The van der Waals surface area contributed by atoms with Crippen LogP contribution in [-0.2, 0) is 4.79 Å². The molecule has 0 amide bonds. The normalized spacial score (nSPS) is 14.5. The highest BCUT2D eigenvalue weighted by Crippen LogP contribution is 2.18. The van der Waals surface area contributed by atoms with Gasteiger partial charge in [0, 0.05) is 6.61 Å². The van der Waals surface area contributed by atoms with Crippen molar-refractivity contribution in [1.29, 1.82) is 0 Å². The fourth-order valence-corrected chi connectivity index (χ4v) is 3.47. The fourth-order valence-electron chi connectivity index (χ4n) is 3.47. The number of carboxylic acids is 1. The summed E-state index contributed by atoms with van der Waals surface area (Å²) >= 11 is 0. The Kier molecular flexibility index (Phi) is 16.4. The third-order valence-corrected chi connectivity index (χ3v) is 5.10. The molecule has 0 aliphatic rings. The molecule has 166 valence electrons. The van der Waals surface area contributed by atoms with Crippen molar-refractivity contribution in [3.05, 3.63) is 12.2 Å². The minimum atomic E-state index is -0.874. The quantitative estimate of drug-likeness (QED) is 0.171. The minimum absolute atomic E-state index is 0.314. The van der Waals surface area contributed by atoms with E-state index in [4.69, 9.17) is 5.11 Å². The zero-order valence-electron chi connectivity index (χ0n) is 18.6. The molecule has 2 atom stereocenters. The molecule has 0 bridgehead atoms. The molecular weight excluding hydrogens is 354 g/mol. The van der Waals surface area contributed by atoms with Crippen LogP contribution in [0.3, 0.4) is 0 Å². The van der Waals surface area contributed by atoms with E-state index in [0.29, 0.717) is 24.1 Å². The number of likely N-dealkylation sites (N-methyl/N-ethyl adjacent to an activating group) is 1. The molecule has 5 heteroatoms. The largest absolute Gasteiger partial charge is 0.481 e. The van der Waals surface area contributed by atoms with Gasteiger partial charge >= 0.3 is 5.97 Å². The standard InChI is InChI=1S/C23H45NO4/c1-24(2,3)20-22(26)21(23(27)28)18-16-14-12-10-8-6-4-5-7-9-11-13-15-17-19-25/h5,7,21-22,25-26H,4,6,8-20H2,1-3H3/p+1. The maximum atomic E-state index is 11.4. The smallest absolute Gasteiger partial charge is 0.309 e. The van der Waals surface area contributed by atoms with Gasteiger partial charge in [0.25, 0.3) is 0 Å². The molecule has 0 saturated carbocycles. The summed E-state index contributed by atoms with van der Waals surface area (Å²) < 4.78 is 0.573. The molecule has 0 radical (unpaired) electrons. The molecule has 0 aromatic carbocycles. The van der Waals surface area contributed by atoms with E-state index in [1.807, 2.05) is 21.1 Å². The lowest BCUT2D eigenvalue weighted by molar-refractivity contribution is -0.874. The molecule has 0 aromatic rings. The van der Waals surface area contributed by atoms with Crippen LogP contribution in [-0.4, -0.2) is 66.2 Å². The monoisotopic (exact) mass is 400 g/mol. The van der Waals surface area contributed by atoms with Crippen molar-refractivity contribution < 1.29 is 24.6 Å². The van der Waals surface area contributed by atoms with E-state index in [9.17, 15) is 15.0 Å². The lowest BCUT2D eigenvalue weighted by Gasteiger charge is -2.29. The molecule has 0 fully saturated rings. The van der Waals surface area contributed by atoms with Crippen molar-refractivity contribution in [2.75, 3.05) is 34.3 Å². The number of hydrogen-bond donors (Lipinski definition) is 3. The zero-order valence-corrected chi connectivity index (χ0v) is 18.6. The van der Waals surface area contributed by atoms with Gasteiger partial charge in [-0.1, -0.05) is 57.1 Å². The molecule has 0 aromatic heterocycles. The Bertz CT molecular complexity index is 404. The first-order valence-electron chi connectivity index (χ1n) is 11.2. The highest BCUT2D eigenvalue weighted by Gasteiger charge is 2.30. The molecule has 28 heavy (non-hydrogen) atoms. The topological polar surface area (TPSA) is 77.8 Å². The van der Waals surface area contributed by atoms with Crippen molar-refractivity contribution in [2.45, 2.75) is 89.6 Å². The molecule has 5 nitrogen and oxygen atoms in total. The van der Waals surface area contributed by atoms with Crippen LogP contribution >= 0.6 is 0 Å². The van der Waals surface area contributed by atoms with Gasteiger partial charge in [0.2, 0.25) is 0 Å². The van der Waals surface area contributed by atoms with Crippen LogP contribution in [0.4, 0.5) is 0 Å². The van der Waals surface area contributed by atoms with Crippen molar-refractivity contribution in [3.8, 4) is 0 Å². The van der Waals surface area contributed by atoms with Crippen LogP contribution in [0, 0.1) is 5.92 Å². The summed E-state index contributed by atoms with van der Waals surface area (Å²) in [5.41, 5.74) is 0. The van der Waals surface area contributed by atoms with Crippen LogP contribution in [0.15, 0.2) is 12.2 Å². The van der Waals surface area contributed by atoms with E-state index in [0.717, 1.165) is 44.9 Å². The molecule has 0 heterocycles. The second-order valence-corrected chi connectivity index (χ2v) is 9.08. The molecule has 0 aliphatic carbocycles. The van der Waals surface area contributed by atoms with E-state index in [2.05, 4.69) is 12.2 Å². The maximum Gasteiger partial charge on any atom is 0.309 e.